The van der Waals surface area contributed by atoms with E-state index in [1.54, 1.807) is 23.1 Å². The Labute approximate surface area is 131 Å². The molecule has 1 aliphatic rings. The van der Waals surface area contributed by atoms with E-state index in [2.05, 4.69) is 4.72 Å². The number of nitrogens with one attached hydrogen (secondary N) is 1. The quantitative estimate of drug-likeness (QED) is 0.900. The fraction of sp³-hybridized carbons (Fsp3) is 0.571. The van der Waals surface area contributed by atoms with E-state index in [0.717, 1.165) is 19.3 Å². The zero-order valence-corrected chi connectivity index (χ0v) is 13.9. The standard InChI is InChI=1S/C14H21ClN2O3S/c1-17(2)14-12(15)7-5-8-13(14)16-21(18,19)10-11-6-3-4-9-20-11/h5,7-8,11,16H,3-4,6,9-10H2,1-2H3/t11-/m0/s1. The van der Waals surface area contributed by atoms with Gasteiger partial charge in [-0.3, -0.25) is 4.72 Å². The molecular formula is C14H21ClN2O3S. The number of hydrogen-bond donors (Lipinski definition) is 1. The summed E-state index contributed by atoms with van der Waals surface area (Å²) in [7, 11) is 0.178. The van der Waals surface area contributed by atoms with Gasteiger partial charge in [0.2, 0.25) is 10.0 Å². The van der Waals surface area contributed by atoms with Crippen LogP contribution in [0.15, 0.2) is 18.2 Å². The highest BCUT2D eigenvalue weighted by atomic mass is 35.5. The predicted molar refractivity (Wildman–Crippen MR) is 86.8 cm³/mol. The molecule has 1 aliphatic heterocycles. The van der Waals surface area contributed by atoms with Crippen molar-refractivity contribution in [1.82, 2.24) is 0 Å². The highest BCUT2D eigenvalue weighted by Crippen LogP contribution is 2.33. The SMILES string of the molecule is CN(C)c1c(Cl)cccc1NS(=O)(=O)C[C@@H]1CCCCO1. The Bertz CT molecular complexity index is 584. The van der Waals surface area contributed by atoms with Gasteiger partial charge in [-0.2, -0.15) is 0 Å². The Morgan fingerprint density at radius 1 is 1.38 bits per heavy atom. The van der Waals surface area contributed by atoms with Crippen molar-refractivity contribution >= 4 is 33.0 Å². The first-order valence-electron chi connectivity index (χ1n) is 6.97. The minimum atomic E-state index is -3.47. The first-order chi connectivity index (χ1) is 9.89. The Morgan fingerprint density at radius 2 is 2.14 bits per heavy atom. The van der Waals surface area contributed by atoms with Gasteiger partial charge in [0.15, 0.2) is 0 Å². The van der Waals surface area contributed by atoms with Crippen molar-refractivity contribution in [2.45, 2.75) is 25.4 Å². The zero-order chi connectivity index (χ0) is 15.5. The molecule has 1 saturated heterocycles. The molecule has 1 N–H and O–H groups in total. The average Bonchev–Trinajstić information content (AvgIpc) is 2.38. The van der Waals surface area contributed by atoms with Gasteiger partial charge in [-0.05, 0) is 31.4 Å². The van der Waals surface area contributed by atoms with E-state index in [-0.39, 0.29) is 11.9 Å². The van der Waals surface area contributed by atoms with Crippen LogP contribution < -0.4 is 9.62 Å². The van der Waals surface area contributed by atoms with E-state index in [1.165, 1.54) is 0 Å². The van der Waals surface area contributed by atoms with Crippen molar-refractivity contribution in [3.8, 4) is 0 Å². The van der Waals surface area contributed by atoms with Crippen molar-refractivity contribution in [3.05, 3.63) is 23.2 Å². The number of halogens is 1. The summed E-state index contributed by atoms with van der Waals surface area (Å²) in [5.74, 6) is -0.0214. The number of anilines is 2. The summed E-state index contributed by atoms with van der Waals surface area (Å²) in [6, 6.07) is 5.17. The molecule has 21 heavy (non-hydrogen) atoms. The van der Waals surface area contributed by atoms with Crippen LogP contribution in [0.25, 0.3) is 0 Å². The van der Waals surface area contributed by atoms with Crippen LogP contribution in [0.3, 0.4) is 0 Å². The summed E-state index contributed by atoms with van der Waals surface area (Å²) in [5.41, 5.74) is 1.15. The van der Waals surface area contributed by atoms with Gasteiger partial charge in [0.05, 0.1) is 28.3 Å². The van der Waals surface area contributed by atoms with Crippen LogP contribution in [-0.2, 0) is 14.8 Å². The van der Waals surface area contributed by atoms with Gasteiger partial charge in [-0.1, -0.05) is 17.7 Å². The Kier molecular flexibility index (Phi) is 5.35. The largest absolute Gasteiger partial charge is 0.377 e. The van der Waals surface area contributed by atoms with Gasteiger partial charge in [-0.15, -0.1) is 0 Å². The molecule has 0 saturated carbocycles. The van der Waals surface area contributed by atoms with Crippen molar-refractivity contribution in [2.75, 3.05) is 36.1 Å². The normalized spacial score (nSPS) is 19.3. The number of ether oxygens (including phenoxy) is 1. The molecule has 1 aromatic rings. The second-order valence-electron chi connectivity index (χ2n) is 5.40. The van der Waals surface area contributed by atoms with Gasteiger partial charge in [0.1, 0.15) is 0 Å². The lowest BCUT2D eigenvalue weighted by molar-refractivity contribution is 0.0306. The molecule has 118 valence electrons. The number of nitrogens with zero attached hydrogens (tertiary/aromatic N) is 1. The lowest BCUT2D eigenvalue weighted by Gasteiger charge is -2.24. The summed E-state index contributed by atoms with van der Waals surface area (Å²) in [6.07, 6.45) is 2.58. The van der Waals surface area contributed by atoms with Crippen LogP contribution in [0, 0.1) is 0 Å². The van der Waals surface area contributed by atoms with Gasteiger partial charge in [0, 0.05) is 20.7 Å². The van der Waals surface area contributed by atoms with Crippen LogP contribution in [0.5, 0.6) is 0 Å². The minimum Gasteiger partial charge on any atom is -0.377 e. The van der Waals surface area contributed by atoms with Crippen molar-refractivity contribution in [2.24, 2.45) is 0 Å². The Hall–Kier alpha value is -0.980. The molecule has 0 radical (unpaired) electrons. The van der Waals surface area contributed by atoms with Crippen molar-refractivity contribution < 1.29 is 13.2 Å². The molecule has 1 fully saturated rings. The molecule has 1 aromatic carbocycles. The van der Waals surface area contributed by atoms with Crippen LogP contribution in [0.2, 0.25) is 5.02 Å². The lowest BCUT2D eigenvalue weighted by atomic mass is 10.1. The summed E-state index contributed by atoms with van der Waals surface area (Å²) in [6.45, 7) is 0.639. The lowest BCUT2D eigenvalue weighted by Crippen LogP contribution is -2.31. The van der Waals surface area contributed by atoms with Crippen LogP contribution in [0.4, 0.5) is 11.4 Å². The minimum absolute atomic E-state index is 0.0214. The smallest absolute Gasteiger partial charge is 0.235 e. The average molecular weight is 333 g/mol. The van der Waals surface area contributed by atoms with E-state index in [0.29, 0.717) is 23.0 Å². The maximum Gasteiger partial charge on any atom is 0.235 e. The number of hydrogen-bond acceptors (Lipinski definition) is 4. The highest BCUT2D eigenvalue weighted by Gasteiger charge is 2.23. The number of sulfonamides is 1. The summed E-state index contributed by atoms with van der Waals surface area (Å²) < 4.78 is 32.7. The molecule has 1 heterocycles. The first kappa shape index (κ1) is 16.4. The molecule has 0 spiro atoms. The molecule has 0 bridgehead atoms. The van der Waals surface area contributed by atoms with Gasteiger partial charge < -0.3 is 9.64 Å². The highest BCUT2D eigenvalue weighted by molar-refractivity contribution is 7.92. The van der Waals surface area contributed by atoms with E-state index in [1.807, 2.05) is 14.1 Å². The van der Waals surface area contributed by atoms with E-state index < -0.39 is 10.0 Å². The second kappa shape index (κ2) is 6.85. The fourth-order valence-corrected chi connectivity index (χ4v) is 4.12. The predicted octanol–water partition coefficient (Wildman–Crippen LogP) is 2.72. The van der Waals surface area contributed by atoms with E-state index in [9.17, 15) is 8.42 Å². The van der Waals surface area contributed by atoms with E-state index >= 15 is 0 Å². The second-order valence-corrected chi connectivity index (χ2v) is 7.58. The molecular weight excluding hydrogens is 312 g/mol. The molecule has 0 aromatic heterocycles. The first-order valence-corrected chi connectivity index (χ1v) is 9.00. The number of rotatable bonds is 5. The van der Waals surface area contributed by atoms with Gasteiger partial charge in [0.25, 0.3) is 0 Å². The topological polar surface area (TPSA) is 58.6 Å². The van der Waals surface area contributed by atoms with Crippen LogP contribution in [0.1, 0.15) is 19.3 Å². The van der Waals surface area contributed by atoms with Crippen molar-refractivity contribution in [3.63, 3.8) is 0 Å². The maximum absolute atomic E-state index is 12.3. The van der Waals surface area contributed by atoms with E-state index in [4.69, 9.17) is 16.3 Å². The molecule has 0 unspecified atom stereocenters. The summed E-state index contributed by atoms with van der Waals surface area (Å²) >= 11 is 6.14. The molecule has 1 atom stereocenters. The number of para-hydroxylation sites is 1. The van der Waals surface area contributed by atoms with Gasteiger partial charge in [-0.25, -0.2) is 8.42 Å². The molecule has 0 aliphatic carbocycles. The van der Waals surface area contributed by atoms with Crippen LogP contribution in [-0.4, -0.2) is 41.0 Å². The Balaban J connectivity index is 2.14. The third-order valence-corrected chi connectivity index (χ3v) is 5.03. The Morgan fingerprint density at radius 3 is 2.76 bits per heavy atom. The summed E-state index contributed by atoms with van der Waals surface area (Å²) in [5, 5.41) is 0.508. The molecule has 2 rings (SSSR count). The third-order valence-electron chi connectivity index (χ3n) is 3.38. The fourth-order valence-electron chi connectivity index (χ4n) is 2.44. The monoisotopic (exact) mass is 332 g/mol. The van der Waals surface area contributed by atoms with Crippen LogP contribution >= 0.6 is 11.6 Å². The third kappa shape index (κ3) is 4.49. The van der Waals surface area contributed by atoms with Crippen molar-refractivity contribution in [1.29, 1.82) is 0 Å². The molecule has 5 nitrogen and oxygen atoms in total. The summed E-state index contributed by atoms with van der Waals surface area (Å²) in [4.78, 5) is 1.79. The molecule has 0 amide bonds. The number of benzene rings is 1. The molecule has 7 heteroatoms. The maximum atomic E-state index is 12.3. The van der Waals surface area contributed by atoms with Gasteiger partial charge >= 0.3 is 0 Å². The zero-order valence-electron chi connectivity index (χ0n) is 12.3.